The molecule has 136 valence electrons. The zero-order valence-corrected chi connectivity index (χ0v) is 14.9. The maximum absolute atomic E-state index is 12.3. The number of hydrogen-bond acceptors (Lipinski definition) is 4. The van der Waals surface area contributed by atoms with Gasteiger partial charge in [0.1, 0.15) is 12.4 Å². The first-order valence-electron chi connectivity index (χ1n) is 8.73. The predicted octanol–water partition coefficient (Wildman–Crippen LogP) is 4.64. The third kappa shape index (κ3) is 3.19. The number of ether oxygens (including phenoxy) is 2. The van der Waals surface area contributed by atoms with E-state index in [4.69, 9.17) is 15.2 Å². The van der Waals surface area contributed by atoms with Crippen molar-refractivity contribution in [3.05, 3.63) is 77.9 Å². The molecule has 0 unspecified atom stereocenters. The van der Waals surface area contributed by atoms with Gasteiger partial charge in [-0.2, -0.15) is 0 Å². The van der Waals surface area contributed by atoms with Crippen LogP contribution >= 0.6 is 0 Å². The molecule has 0 saturated carbocycles. The van der Waals surface area contributed by atoms with Crippen molar-refractivity contribution in [3.63, 3.8) is 0 Å². The van der Waals surface area contributed by atoms with Crippen LogP contribution in [0.3, 0.4) is 0 Å². The minimum Gasteiger partial charge on any atom is -0.495 e. The highest BCUT2D eigenvalue weighted by Crippen LogP contribution is 2.44. The average molecular weight is 360 g/mol. The summed E-state index contributed by atoms with van der Waals surface area (Å²) < 4.78 is 10.7. The van der Waals surface area contributed by atoms with Gasteiger partial charge in [0.15, 0.2) is 0 Å². The Hall–Kier alpha value is -3.47. The molecule has 0 radical (unpaired) electrons. The smallest absolute Gasteiger partial charge is 0.411 e. The van der Waals surface area contributed by atoms with Gasteiger partial charge in [-0.3, -0.25) is 5.32 Å². The molecule has 0 spiro atoms. The monoisotopic (exact) mass is 360 g/mol. The molecule has 0 aromatic heterocycles. The summed E-state index contributed by atoms with van der Waals surface area (Å²) in [6.07, 6.45) is -0.510. The first-order valence-corrected chi connectivity index (χ1v) is 8.73. The van der Waals surface area contributed by atoms with Crippen molar-refractivity contribution in [2.75, 3.05) is 24.8 Å². The van der Waals surface area contributed by atoms with Gasteiger partial charge >= 0.3 is 6.09 Å². The standard InChI is InChI=1S/C22H20N2O3/c1-26-21-12-14(10-11-20(21)23)24-22(25)27-13-19-17-8-4-2-6-15(17)16-7-3-5-9-18(16)19/h2-12,19H,13,23H2,1H3,(H,24,25). The highest BCUT2D eigenvalue weighted by Gasteiger charge is 2.28. The van der Waals surface area contributed by atoms with Gasteiger partial charge in [0.05, 0.1) is 12.8 Å². The van der Waals surface area contributed by atoms with E-state index in [1.165, 1.54) is 29.4 Å². The molecule has 4 rings (SSSR count). The Morgan fingerprint density at radius 3 is 2.26 bits per heavy atom. The molecule has 1 amide bonds. The van der Waals surface area contributed by atoms with Gasteiger partial charge in [0.2, 0.25) is 0 Å². The lowest BCUT2D eigenvalue weighted by Gasteiger charge is -2.15. The number of nitrogens with two attached hydrogens (primary N) is 1. The lowest BCUT2D eigenvalue weighted by molar-refractivity contribution is 0.158. The van der Waals surface area contributed by atoms with Crippen LogP contribution < -0.4 is 15.8 Å². The van der Waals surface area contributed by atoms with Crippen LogP contribution in [-0.4, -0.2) is 19.8 Å². The van der Waals surface area contributed by atoms with E-state index < -0.39 is 6.09 Å². The summed E-state index contributed by atoms with van der Waals surface area (Å²) in [5.41, 5.74) is 11.6. The summed E-state index contributed by atoms with van der Waals surface area (Å²) in [4.78, 5) is 12.3. The summed E-state index contributed by atoms with van der Waals surface area (Å²) in [6.45, 7) is 0.270. The second-order valence-corrected chi connectivity index (χ2v) is 6.41. The second kappa shape index (κ2) is 7.03. The molecular weight excluding hydrogens is 340 g/mol. The Balaban J connectivity index is 1.48. The van der Waals surface area contributed by atoms with E-state index in [1.807, 2.05) is 24.3 Å². The number of hydrogen-bond donors (Lipinski definition) is 2. The largest absolute Gasteiger partial charge is 0.495 e. The topological polar surface area (TPSA) is 73.6 Å². The summed E-state index contributed by atoms with van der Waals surface area (Å²) in [5, 5.41) is 2.72. The van der Waals surface area contributed by atoms with Crippen molar-refractivity contribution in [1.82, 2.24) is 0 Å². The van der Waals surface area contributed by atoms with Crippen molar-refractivity contribution < 1.29 is 14.3 Å². The predicted molar refractivity (Wildman–Crippen MR) is 106 cm³/mol. The third-order valence-electron chi connectivity index (χ3n) is 4.82. The van der Waals surface area contributed by atoms with E-state index >= 15 is 0 Å². The first-order chi connectivity index (χ1) is 13.2. The minimum absolute atomic E-state index is 0.0316. The number of anilines is 2. The van der Waals surface area contributed by atoms with Gasteiger partial charge in [-0.15, -0.1) is 0 Å². The van der Waals surface area contributed by atoms with Crippen LogP contribution in [0, 0.1) is 0 Å². The lowest BCUT2D eigenvalue weighted by Crippen LogP contribution is -2.18. The quantitative estimate of drug-likeness (QED) is 0.665. The SMILES string of the molecule is COc1cc(NC(=O)OCC2c3ccccc3-c3ccccc32)ccc1N. The Labute approximate surface area is 157 Å². The van der Waals surface area contributed by atoms with Crippen molar-refractivity contribution in [3.8, 4) is 16.9 Å². The molecular formula is C22H20N2O3. The van der Waals surface area contributed by atoms with E-state index in [-0.39, 0.29) is 12.5 Å². The van der Waals surface area contributed by atoms with Crippen LogP contribution in [-0.2, 0) is 4.74 Å². The van der Waals surface area contributed by atoms with Crippen molar-refractivity contribution in [2.24, 2.45) is 0 Å². The Bertz CT molecular complexity index is 955. The average Bonchev–Trinajstić information content (AvgIpc) is 3.02. The van der Waals surface area contributed by atoms with Crippen LogP contribution in [0.25, 0.3) is 11.1 Å². The molecule has 0 heterocycles. The molecule has 5 heteroatoms. The van der Waals surface area contributed by atoms with E-state index in [0.717, 1.165) is 0 Å². The molecule has 3 aromatic rings. The summed E-state index contributed by atoms with van der Waals surface area (Å²) in [5.74, 6) is 0.538. The highest BCUT2D eigenvalue weighted by molar-refractivity contribution is 5.86. The van der Waals surface area contributed by atoms with Crippen LogP contribution in [0.5, 0.6) is 5.75 Å². The number of fused-ring (bicyclic) bond motifs is 3. The van der Waals surface area contributed by atoms with Crippen LogP contribution in [0.2, 0.25) is 0 Å². The number of carbonyl (C=O) groups excluding carboxylic acids is 1. The van der Waals surface area contributed by atoms with E-state index in [9.17, 15) is 4.79 Å². The van der Waals surface area contributed by atoms with Crippen molar-refractivity contribution >= 4 is 17.5 Å². The molecule has 3 aromatic carbocycles. The van der Waals surface area contributed by atoms with Gasteiger partial charge < -0.3 is 15.2 Å². The Morgan fingerprint density at radius 2 is 1.63 bits per heavy atom. The fraction of sp³-hybridized carbons (Fsp3) is 0.136. The molecule has 0 aliphatic heterocycles. The number of carbonyl (C=O) groups is 1. The number of rotatable bonds is 4. The Kier molecular flexibility index (Phi) is 4.42. The fourth-order valence-corrected chi connectivity index (χ4v) is 3.54. The number of nitrogens with one attached hydrogen (secondary N) is 1. The van der Waals surface area contributed by atoms with Gasteiger partial charge in [-0.25, -0.2) is 4.79 Å². The van der Waals surface area contributed by atoms with Gasteiger partial charge in [-0.05, 0) is 34.4 Å². The molecule has 3 N–H and O–H groups in total. The summed E-state index contributed by atoms with van der Waals surface area (Å²) >= 11 is 0. The zero-order valence-electron chi connectivity index (χ0n) is 14.9. The van der Waals surface area contributed by atoms with E-state index in [1.54, 1.807) is 18.2 Å². The first kappa shape index (κ1) is 17.0. The highest BCUT2D eigenvalue weighted by atomic mass is 16.5. The molecule has 5 nitrogen and oxygen atoms in total. The molecule has 27 heavy (non-hydrogen) atoms. The number of benzene rings is 3. The third-order valence-corrected chi connectivity index (χ3v) is 4.82. The summed E-state index contributed by atoms with van der Waals surface area (Å²) in [7, 11) is 1.53. The van der Waals surface area contributed by atoms with Gasteiger partial charge in [0.25, 0.3) is 0 Å². The molecule has 0 saturated heterocycles. The van der Waals surface area contributed by atoms with E-state index in [2.05, 4.69) is 29.6 Å². The zero-order chi connectivity index (χ0) is 18.8. The van der Waals surface area contributed by atoms with E-state index in [0.29, 0.717) is 17.1 Å². The molecule has 0 fully saturated rings. The van der Waals surface area contributed by atoms with Crippen LogP contribution in [0.4, 0.5) is 16.2 Å². The molecule has 1 aliphatic rings. The summed E-state index contributed by atoms with van der Waals surface area (Å²) in [6, 6.07) is 21.5. The van der Waals surface area contributed by atoms with Crippen molar-refractivity contribution in [2.45, 2.75) is 5.92 Å². The molecule has 1 aliphatic carbocycles. The van der Waals surface area contributed by atoms with Gasteiger partial charge in [0, 0.05) is 17.7 Å². The number of methoxy groups -OCH3 is 1. The van der Waals surface area contributed by atoms with Crippen LogP contribution in [0.15, 0.2) is 66.7 Å². The van der Waals surface area contributed by atoms with Crippen molar-refractivity contribution in [1.29, 1.82) is 0 Å². The maximum Gasteiger partial charge on any atom is 0.411 e. The number of amides is 1. The Morgan fingerprint density at radius 1 is 1.00 bits per heavy atom. The fourth-order valence-electron chi connectivity index (χ4n) is 3.54. The molecule has 0 atom stereocenters. The second-order valence-electron chi connectivity index (χ2n) is 6.41. The van der Waals surface area contributed by atoms with Crippen LogP contribution in [0.1, 0.15) is 17.0 Å². The normalized spacial score (nSPS) is 12.2. The minimum atomic E-state index is -0.510. The molecule has 0 bridgehead atoms. The van der Waals surface area contributed by atoms with Gasteiger partial charge in [-0.1, -0.05) is 48.5 Å². The number of nitrogen functional groups attached to an aromatic ring is 1. The maximum atomic E-state index is 12.3. The lowest BCUT2D eigenvalue weighted by atomic mass is 9.98.